The van der Waals surface area contributed by atoms with Crippen molar-refractivity contribution in [3.8, 4) is 0 Å². The van der Waals surface area contributed by atoms with E-state index in [0.29, 0.717) is 12.6 Å². The number of hydrogen-bond acceptors (Lipinski definition) is 2. The molecule has 0 amide bonds. The van der Waals surface area contributed by atoms with Crippen molar-refractivity contribution in [1.82, 2.24) is 5.32 Å². The molecule has 1 N–H and O–H groups in total. The van der Waals surface area contributed by atoms with Gasteiger partial charge in [0.05, 0.1) is 6.61 Å². The number of rotatable bonds is 7. The minimum absolute atomic E-state index is 0.693. The van der Waals surface area contributed by atoms with Crippen molar-refractivity contribution in [2.45, 2.75) is 65.1 Å². The molecule has 1 aromatic rings. The molecule has 2 atom stereocenters. The van der Waals surface area contributed by atoms with E-state index in [1.165, 1.54) is 43.2 Å². The topological polar surface area (TPSA) is 21.3 Å². The zero-order valence-corrected chi connectivity index (χ0v) is 13.9. The normalized spacial score (nSPS) is 22.7. The van der Waals surface area contributed by atoms with Crippen molar-refractivity contribution in [2.75, 3.05) is 7.11 Å². The first-order valence-electron chi connectivity index (χ1n) is 8.48. The highest BCUT2D eigenvalue weighted by atomic mass is 16.5. The van der Waals surface area contributed by atoms with Gasteiger partial charge in [0.2, 0.25) is 0 Å². The largest absolute Gasteiger partial charge is 0.380 e. The van der Waals surface area contributed by atoms with E-state index in [9.17, 15) is 0 Å². The lowest BCUT2D eigenvalue weighted by atomic mass is 9.81. The summed E-state index contributed by atoms with van der Waals surface area (Å²) in [6.07, 6.45) is 6.88. The lowest BCUT2D eigenvalue weighted by Crippen LogP contribution is -2.34. The zero-order chi connectivity index (χ0) is 15.1. The second kappa shape index (κ2) is 8.55. The third kappa shape index (κ3) is 5.44. The average molecular weight is 289 g/mol. The van der Waals surface area contributed by atoms with Gasteiger partial charge in [0, 0.05) is 19.7 Å². The Hall–Kier alpha value is -0.860. The second-order valence-electron chi connectivity index (χ2n) is 6.94. The summed E-state index contributed by atoms with van der Waals surface area (Å²) in [5, 5.41) is 3.78. The standard InChI is InChI=1S/C19H31NO/c1-15(2)11-16-7-6-10-19(12-16)20-13-17-8-4-5-9-18(17)14-21-3/h4-5,8-9,15-16,19-20H,6-7,10-14H2,1-3H3. The molecule has 2 nitrogen and oxygen atoms in total. The predicted molar refractivity (Wildman–Crippen MR) is 89.2 cm³/mol. The molecule has 2 heteroatoms. The summed E-state index contributed by atoms with van der Waals surface area (Å²) in [5.74, 6) is 1.75. The maximum Gasteiger partial charge on any atom is 0.0716 e. The first-order valence-corrected chi connectivity index (χ1v) is 8.48. The monoisotopic (exact) mass is 289 g/mol. The maximum absolute atomic E-state index is 5.29. The number of hydrogen-bond donors (Lipinski definition) is 1. The Labute approximate surface area is 130 Å². The summed E-state index contributed by atoms with van der Waals surface area (Å²) in [6.45, 7) is 6.37. The van der Waals surface area contributed by atoms with Gasteiger partial charge in [-0.25, -0.2) is 0 Å². The first kappa shape index (κ1) is 16.5. The molecule has 1 aromatic carbocycles. The SMILES string of the molecule is COCc1ccccc1CNC1CCCC(CC(C)C)C1. The van der Waals surface area contributed by atoms with Gasteiger partial charge < -0.3 is 10.1 Å². The zero-order valence-electron chi connectivity index (χ0n) is 13.9. The molecule has 0 aromatic heterocycles. The van der Waals surface area contributed by atoms with Crippen molar-refractivity contribution < 1.29 is 4.74 Å². The van der Waals surface area contributed by atoms with Crippen molar-refractivity contribution in [2.24, 2.45) is 11.8 Å². The fraction of sp³-hybridized carbons (Fsp3) is 0.684. The third-order valence-corrected chi connectivity index (χ3v) is 4.59. The minimum atomic E-state index is 0.693. The van der Waals surface area contributed by atoms with Gasteiger partial charge in [0.1, 0.15) is 0 Å². The van der Waals surface area contributed by atoms with Crippen LogP contribution in [0.4, 0.5) is 0 Å². The van der Waals surface area contributed by atoms with E-state index in [0.717, 1.165) is 18.4 Å². The fourth-order valence-corrected chi connectivity index (χ4v) is 3.64. The predicted octanol–water partition coefficient (Wildman–Crippen LogP) is 4.53. The van der Waals surface area contributed by atoms with Gasteiger partial charge in [-0.2, -0.15) is 0 Å². The van der Waals surface area contributed by atoms with Crippen LogP contribution in [-0.2, 0) is 17.9 Å². The maximum atomic E-state index is 5.29. The summed E-state index contributed by atoms with van der Waals surface area (Å²) in [5.41, 5.74) is 2.69. The van der Waals surface area contributed by atoms with Crippen LogP contribution in [-0.4, -0.2) is 13.2 Å². The summed E-state index contributed by atoms with van der Waals surface area (Å²) in [7, 11) is 1.77. The van der Waals surface area contributed by atoms with E-state index in [4.69, 9.17) is 4.74 Å². The molecule has 0 bridgehead atoms. The average Bonchev–Trinajstić information content (AvgIpc) is 2.46. The van der Waals surface area contributed by atoms with Crippen molar-refractivity contribution >= 4 is 0 Å². The summed E-state index contributed by atoms with van der Waals surface area (Å²) < 4.78 is 5.29. The lowest BCUT2D eigenvalue weighted by molar-refractivity contribution is 0.183. The Balaban J connectivity index is 1.85. The van der Waals surface area contributed by atoms with Crippen molar-refractivity contribution in [3.05, 3.63) is 35.4 Å². The first-order chi connectivity index (χ1) is 10.2. The van der Waals surface area contributed by atoms with E-state index < -0.39 is 0 Å². The molecule has 0 spiro atoms. The van der Waals surface area contributed by atoms with Gasteiger partial charge in [0.25, 0.3) is 0 Å². The van der Waals surface area contributed by atoms with Crippen LogP contribution in [0.5, 0.6) is 0 Å². The van der Waals surface area contributed by atoms with Crippen molar-refractivity contribution in [3.63, 3.8) is 0 Å². The van der Waals surface area contributed by atoms with E-state index >= 15 is 0 Å². The van der Waals surface area contributed by atoms with E-state index in [1.54, 1.807) is 7.11 Å². The molecule has 0 heterocycles. The molecule has 21 heavy (non-hydrogen) atoms. The van der Waals surface area contributed by atoms with Gasteiger partial charge in [0.15, 0.2) is 0 Å². The van der Waals surface area contributed by atoms with E-state index in [-0.39, 0.29) is 0 Å². The van der Waals surface area contributed by atoms with Crippen LogP contribution in [0.1, 0.15) is 57.1 Å². The smallest absolute Gasteiger partial charge is 0.0716 e. The van der Waals surface area contributed by atoms with Crippen molar-refractivity contribution in [1.29, 1.82) is 0 Å². The van der Waals surface area contributed by atoms with Crippen LogP contribution in [0, 0.1) is 11.8 Å². The number of nitrogens with one attached hydrogen (secondary N) is 1. The van der Waals surface area contributed by atoms with Crippen LogP contribution in [0.15, 0.2) is 24.3 Å². The van der Waals surface area contributed by atoms with Crippen LogP contribution in [0.25, 0.3) is 0 Å². The molecular formula is C19H31NO. The second-order valence-corrected chi connectivity index (χ2v) is 6.94. The highest BCUT2D eigenvalue weighted by Crippen LogP contribution is 2.29. The van der Waals surface area contributed by atoms with E-state index in [2.05, 4.69) is 43.4 Å². The molecule has 2 unspecified atom stereocenters. The Kier molecular flexibility index (Phi) is 6.72. The molecule has 2 rings (SSSR count). The number of ether oxygens (including phenoxy) is 1. The number of benzene rings is 1. The summed E-state index contributed by atoms with van der Waals surface area (Å²) in [6, 6.07) is 9.30. The van der Waals surface area contributed by atoms with Crippen LogP contribution >= 0.6 is 0 Å². The summed E-state index contributed by atoms with van der Waals surface area (Å²) >= 11 is 0. The molecule has 1 saturated carbocycles. The Morgan fingerprint density at radius 3 is 2.67 bits per heavy atom. The number of methoxy groups -OCH3 is 1. The quantitative estimate of drug-likeness (QED) is 0.796. The van der Waals surface area contributed by atoms with Gasteiger partial charge >= 0.3 is 0 Å². The van der Waals surface area contributed by atoms with Gasteiger partial charge in [-0.15, -0.1) is 0 Å². The molecular weight excluding hydrogens is 258 g/mol. The van der Waals surface area contributed by atoms with Crippen LogP contribution in [0.2, 0.25) is 0 Å². The highest BCUT2D eigenvalue weighted by molar-refractivity contribution is 5.26. The Morgan fingerprint density at radius 1 is 1.19 bits per heavy atom. The van der Waals surface area contributed by atoms with Gasteiger partial charge in [-0.05, 0) is 42.2 Å². The lowest BCUT2D eigenvalue weighted by Gasteiger charge is -2.31. The molecule has 0 saturated heterocycles. The Morgan fingerprint density at radius 2 is 1.95 bits per heavy atom. The van der Waals surface area contributed by atoms with Crippen LogP contribution in [0.3, 0.4) is 0 Å². The summed E-state index contributed by atoms with van der Waals surface area (Å²) in [4.78, 5) is 0. The molecule has 0 aliphatic heterocycles. The minimum Gasteiger partial charge on any atom is -0.380 e. The Bertz CT molecular complexity index is 416. The highest BCUT2D eigenvalue weighted by Gasteiger charge is 2.22. The van der Waals surface area contributed by atoms with Gasteiger partial charge in [-0.1, -0.05) is 51.0 Å². The van der Waals surface area contributed by atoms with E-state index in [1.807, 2.05) is 0 Å². The third-order valence-electron chi connectivity index (χ3n) is 4.59. The molecule has 1 fully saturated rings. The molecule has 118 valence electrons. The molecule has 1 aliphatic carbocycles. The molecule has 1 aliphatic rings. The van der Waals surface area contributed by atoms with Gasteiger partial charge in [-0.3, -0.25) is 0 Å². The van der Waals surface area contributed by atoms with Crippen LogP contribution < -0.4 is 5.32 Å². The fourth-order valence-electron chi connectivity index (χ4n) is 3.64. The molecule has 0 radical (unpaired) electrons.